The quantitative estimate of drug-likeness (QED) is 0.883. The van der Waals surface area contributed by atoms with Crippen LogP contribution in [0.4, 0.5) is 13.2 Å². The predicted molar refractivity (Wildman–Crippen MR) is 61.2 cm³/mol. The fraction of sp³-hybridized carbons (Fsp3) is 0.300. The van der Waals surface area contributed by atoms with E-state index >= 15 is 0 Å². The van der Waals surface area contributed by atoms with Crippen LogP contribution in [0.2, 0.25) is 5.02 Å². The number of hydrogen-bond acceptors (Lipinski definition) is 4. The van der Waals surface area contributed by atoms with E-state index in [2.05, 4.69) is 0 Å². The summed E-state index contributed by atoms with van der Waals surface area (Å²) >= 11 is 5.35. The van der Waals surface area contributed by atoms with Gasteiger partial charge in [0.25, 0.3) is 0 Å². The molecule has 0 spiro atoms. The van der Waals surface area contributed by atoms with Gasteiger partial charge in [0.1, 0.15) is 0 Å². The van der Waals surface area contributed by atoms with Crippen LogP contribution in [0.5, 0.6) is 0 Å². The minimum Gasteiger partial charge on any atom is -0.548 e. The van der Waals surface area contributed by atoms with Gasteiger partial charge >= 0.3 is 6.18 Å². The highest BCUT2D eigenvalue weighted by atomic mass is 35.5. The molecule has 10 heteroatoms. The van der Waals surface area contributed by atoms with E-state index in [-0.39, 0.29) is 0 Å². The van der Waals surface area contributed by atoms with Crippen molar-refractivity contribution in [2.24, 2.45) is 0 Å². The van der Waals surface area contributed by atoms with Crippen LogP contribution in [0.3, 0.4) is 0 Å². The topological polar surface area (TPSA) is 86.3 Å². The summed E-state index contributed by atoms with van der Waals surface area (Å²) in [5, 5.41) is 9.79. The maximum atomic E-state index is 12.6. The smallest absolute Gasteiger partial charge is 0.417 e. The van der Waals surface area contributed by atoms with Gasteiger partial charge in [-0.3, -0.25) is 0 Å². The molecule has 0 aliphatic carbocycles. The monoisotopic (exact) mass is 330 g/mol. The van der Waals surface area contributed by atoms with E-state index in [0.29, 0.717) is 6.07 Å². The third kappa shape index (κ3) is 3.84. The van der Waals surface area contributed by atoms with Crippen molar-refractivity contribution in [2.75, 3.05) is 0 Å². The molecule has 1 aromatic rings. The van der Waals surface area contributed by atoms with Gasteiger partial charge in [-0.2, -0.15) is 13.2 Å². The lowest BCUT2D eigenvalue weighted by Crippen LogP contribution is -2.45. The van der Waals surface area contributed by atoms with Gasteiger partial charge in [0, 0.05) is 0 Å². The number of sulfonamides is 1. The van der Waals surface area contributed by atoms with E-state index in [4.69, 9.17) is 11.6 Å². The largest absolute Gasteiger partial charge is 0.548 e. The van der Waals surface area contributed by atoms with Crippen molar-refractivity contribution < 1.29 is 31.5 Å². The van der Waals surface area contributed by atoms with Gasteiger partial charge in [-0.15, -0.1) is 0 Å². The molecule has 0 saturated heterocycles. The first-order chi connectivity index (χ1) is 8.95. The summed E-state index contributed by atoms with van der Waals surface area (Å²) in [7, 11) is -4.43. The number of halogens is 4. The maximum absolute atomic E-state index is 12.6. The molecule has 0 bridgehead atoms. The van der Waals surface area contributed by atoms with Gasteiger partial charge in [-0.25, -0.2) is 13.1 Å². The van der Waals surface area contributed by atoms with Crippen LogP contribution in [-0.4, -0.2) is 20.4 Å². The zero-order valence-electron chi connectivity index (χ0n) is 9.86. The minimum absolute atomic E-state index is 0.326. The van der Waals surface area contributed by atoms with Crippen molar-refractivity contribution >= 4 is 27.6 Å². The summed E-state index contributed by atoms with van der Waals surface area (Å²) in [4.78, 5) is 9.70. The number of carboxylic acids is 1. The number of nitrogens with one attached hydrogen (secondary N) is 1. The number of aliphatic carboxylic acids is 1. The van der Waals surface area contributed by atoms with E-state index in [0.717, 1.165) is 19.1 Å². The summed E-state index contributed by atoms with van der Waals surface area (Å²) in [5.41, 5.74) is -1.33. The molecular weight excluding hydrogens is 323 g/mol. The van der Waals surface area contributed by atoms with Crippen LogP contribution < -0.4 is 9.83 Å². The third-order valence-corrected chi connectivity index (χ3v) is 4.11. The molecule has 0 saturated carbocycles. The standard InChI is InChI=1S/C10H9ClF3NO4S/c1-5(9(16)17)15-20(18,19)6-2-3-8(11)7(4-6)10(12,13)14/h2-5,15H,1H3,(H,16,17)/p-1/t5-/m0/s1. The maximum Gasteiger partial charge on any atom is 0.417 e. The lowest BCUT2D eigenvalue weighted by atomic mass is 10.2. The lowest BCUT2D eigenvalue weighted by Gasteiger charge is -2.16. The first-order valence-corrected chi connectivity index (χ1v) is 6.91. The Hall–Kier alpha value is -1.32. The van der Waals surface area contributed by atoms with Crippen LogP contribution >= 0.6 is 11.6 Å². The number of carbonyl (C=O) groups is 1. The van der Waals surface area contributed by atoms with E-state index in [9.17, 15) is 31.5 Å². The summed E-state index contributed by atoms with van der Waals surface area (Å²) in [6.07, 6.45) is -4.83. The molecule has 1 atom stereocenters. The molecule has 1 N–H and O–H groups in total. The molecule has 112 valence electrons. The number of rotatable bonds is 4. The molecule has 1 aromatic carbocycles. The van der Waals surface area contributed by atoms with Gasteiger partial charge in [0.2, 0.25) is 10.0 Å². The van der Waals surface area contributed by atoms with Gasteiger partial charge in [-0.1, -0.05) is 11.6 Å². The van der Waals surface area contributed by atoms with Crippen molar-refractivity contribution in [3.05, 3.63) is 28.8 Å². The molecule has 0 heterocycles. The zero-order valence-corrected chi connectivity index (χ0v) is 11.4. The normalized spacial score (nSPS) is 14.1. The van der Waals surface area contributed by atoms with Gasteiger partial charge in [0.15, 0.2) is 0 Å². The van der Waals surface area contributed by atoms with Crippen molar-refractivity contribution in [1.29, 1.82) is 0 Å². The highest BCUT2D eigenvalue weighted by Gasteiger charge is 2.34. The number of benzene rings is 1. The van der Waals surface area contributed by atoms with Crippen LogP contribution in [0.15, 0.2) is 23.1 Å². The van der Waals surface area contributed by atoms with E-state index in [1.165, 1.54) is 0 Å². The summed E-state index contributed by atoms with van der Waals surface area (Å²) in [6, 6.07) is 0.335. The Morgan fingerprint density at radius 3 is 2.40 bits per heavy atom. The molecule has 0 radical (unpaired) electrons. The van der Waals surface area contributed by atoms with Crippen molar-refractivity contribution in [2.45, 2.75) is 24.0 Å². The zero-order chi connectivity index (χ0) is 15.7. The molecule has 1 rings (SSSR count). The Balaban J connectivity index is 3.24. The van der Waals surface area contributed by atoms with Gasteiger partial charge < -0.3 is 9.90 Å². The minimum atomic E-state index is -4.83. The van der Waals surface area contributed by atoms with Gasteiger partial charge in [0.05, 0.1) is 27.5 Å². The fourth-order valence-corrected chi connectivity index (χ4v) is 2.68. The summed E-state index contributed by atoms with van der Waals surface area (Å²) < 4.78 is 62.9. The molecule has 20 heavy (non-hydrogen) atoms. The average molecular weight is 331 g/mol. The van der Waals surface area contributed by atoms with Crippen molar-refractivity contribution in [1.82, 2.24) is 4.72 Å². The molecule has 0 unspecified atom stereocenters. The first kappa shape index (κ1) is 16.7. The van der Waals surface area contributed by atoms with E-state index in [1.807, 2.05) is 0 Å². The second-order valence-electron chi connectivity index (χ2n) is 3.80. The molecule has 5 nitrogen and oxygen atoms in total. The third-order valence-electron chi connectivity index (χ3n) is 2.24. The van der Waals surface area contributed by atoms with Crippen molar-refractivity contribution in [3.63, 3.8) is 0 Å². The predicted octanol–water partition coefficient (Wildman–Crippen LogP) is 0.775. The highest BCUT2D eigenvalue weighted by molar-refractivity contribution is 7.89. The Kier molecular flexibility index (Phi) is 4.67. The van der Waals surface area contributed by atoms with Crippen molar-refractivity contribution in [3.8, 4) is 0 Å². The van der Waals surface area contributed by atoms with Gasteiger partial charge in [-0.05, 0) is 25.1 Å². The molecular formula is C10H8ClF3NO4S-. The SMILES string of the molecule is C[C@H](NS(=O)(=O)c1ccc(Cl)c(C(F)(F)F)c1)C(=O)[O-]. The lowest BCUT2D eigenvalue weighted by molar-refractivity contribution is -0.307. The number of hydrogen-bond donors (Lipinski definition) is 1. The summed E-state index contributed by atoms with van der Waals surface area (Å²) in [6.45, 7) is 0.980. The Bertz CT molecular complexity index is 630. The molecule has 0 aliphatic heterocycles. The van der Waals surface area contributed by atoms with E-state index < -0.39 is 43.7 Å². The Morgan fingerprint density at radius 2 is 1.95 bits per heavy atom. The highest BCUT2D eigenvalue weighted by Crippen LogP contribution is 2.35. The number of carbonyl (C=O) groups excluding carboxylic acids is 1. The first-order valence-electron chi connectivity index (χ1n) is 5.05. The molecule has 0 fully saturated rings. The van der Waals surface area contributed by atoms with E-state index in [1.54, 1.807) is 4.72 Å². The molecule has 0 amide bonds. The van der Waals surface area contributed by atoms with Crippen LogP contribution in [0.1, 0.15) is 12.5 Å². The Labute approximate surface area is 117 Å². The van der Waals surface area contributed by atoms with Crippen LogP contribution in [-0.2, 0) is 21.0 Å². The van der Waals surface area contributed by atoms with Crippen LogP contribution in [0.25, 0.3) is 0 Å². The fourth-order valence-electron chi connectivity index (χ4n) is 1.24. The average Bonchev–Trinajstić information content (AvgIpc) is 2.26. The van der Waals surface area contributed by atoms with Crippen LogP contribution in [0, 0.1) is 0 Å². The molecule has 0 aliphatic rings. The second-order valence-corrected chi connectivity index (χ2v) is 5.92. The Morgan fingerprint density at radius 1 is 1.40 bits per heavy atom. The second kappa shape index (κ2) is 5.58. The molecule has 0 aromatic heterocycles. The summed E-state index contributed by atoms with van der Waals surface area (Å²) in [5.74, 6) is -1.71. The number of carboxylic acid groups (broad SMARTS) is 1. The number of alkyl halides is 3.